The Morgan fingerprint density at radius 3 is 2.28 bits per heavy atom. The van der Waals surface area contributed by atoms with Crippen LogP contribution in [0.4, 0.5) is 18.9 Å². The number of halogens is 3. The summed E-state index contributed by atoms with van der Waals surface area (Å²) in [6, 6.07) is 4.79. The Morgan fingerprint density at radius 1 is 1.28 bits per heavy atom. The molecule has 0 bridgehead atoms. The summed E-state index contributed by atoms with van der Waals surface area (Å²) in [7, 11) is 2.99. The lowest BCUT2D eigenvalue weighted by atomic mass is 10.2. The van der Waals surface area contributed by atoms with E-state index in [1.807, 2.05) is 0 Å². The van der Waals surface area contributed by atoms with E-state index in [0.717, 1.165) is 12.1 Å². The molecule has 0 aromatic heterocycles. The molecule has 0 unspecified atom stereocenters. The third kappa shape index (κ3) is 3.94. The highest BCUT2D eigenvalue weighted by Crippen LogP contribution is 2.30. The molecule has 0 amide bonds. The molecule has 0 spiro atoms. The van der Waals surface area contributed by atoms with Gasteiger partial charge < -0.3 is 9.64 Å². The number of ether oxygens (including phenoxy) is 1. The van der Waals surface area contributed by atoms with Gasteiger partial charge in [-0.2, -0.15) is 13.2 Å². The van der Waals surface area contributed by atoms with Crippen molar-refractivity contribution in [2.75, 3.05) is 25.6 Å². The Morgan fingerprint density at radius 2 is 1.83 bits per heavy atom. The van der Waals surface area contributed by atoms with E-state index in [-0.39, 0.29) is 12.4 Å². The van der Waals surface area contributed by atoms with Gasteiger partial charge in [0.1, 0.15) is 0 Å². The first-order valence-corrected chi connectivity index (χ1v) is 5.30. The van der Waals surface area contributed by atoms with Crippen molar-refractivity contribution in [1.82, 2.24) is 0 Å². The Balaban J connectivity index is 2.65. The standard InChI is InChI=1S/C12H14F3NO2/c1-16(8-7-11(17)18-2)10-5-3-9(4-6-10)12(13,14)15/h3-6H,7-8H2,1-2H3. The maximum atomic E-state index is 12.3. The van der Waals surface area contributed by atoms with Crippen molar-refractivity contribution in [1.29, 1.82) is 0 Å². The summed E-state index contributed by atoms with van der Waals surface area (Å²) in [5.74, 6) is -0.353. The molecule has 0 saturated carbocycles. The van der Waals surface area contributed by atoms with Crippen molar-refractivity contribution < 1.29 is 22.7 Å². The monoisotopic (exact) mass is 261 g/mol. The molecule has 0 aliphatic heterocycles. The number of anilines is 1. The van der Waals surface area contributed by atoms with Crippen molar-refractivity contribution in [3.63, 3.8) is 0 Å². The van der Waals surface area contributed by atoms with Gasteiger partial charge in [0.2, 0.25) is 0 Å². The van der Waals surface area contributed by atoms with Crippen molar-refractivity contribution in [3.05, 3.63) is 29.8 Å². The molecule has 1 aromatic carbocycles. The topological polar surface area (TPSA) is 29.5 Å². The maximum absolute atomic E-state index is 12.3. The largest absolute Gasteiger partial charge is 0.469 e. The maximum Gasteiger partial charge on any atom is 0.416 e. The van der Waals surface area contributed by atoms with Gasteiger partial charge in [-0.25, -0.2) is 0 Å². The molecule has 100 valence electrons. The van der Waals surface area contributed by atoms with E-state index in [2.05, 4.69) is 4.74 Å². The second-order valence-electron chi connectivity index (χ2n) is 3.79. The fraction of sp³-hybridized carbons (Fsp3) is 0.417. The van der Waals surface area contributed by atoms with Crippen molar-refractivity contribution in [2.45, 2.75) is 12.6 Å². The van der Waals surface area contributed by atoms with Gasteiger partial charge in [-0.1, -0.05) is 0 Å². The van der Waals surface area contributed by atoms with Gasteiger partial charge in [0.25, 0.3) is 0 Å². The van der Waals surface area contributed by atoms with Crippen LogP contribution < -0.4 is 4.90 Å². The molecule has 0 fully saturated rings. The molecule has 0 N–H and O–H groups in total. The summed E-state index contributed by atoms with van der Waals surface area (Å²) in [5.41, 5.74) is -0.0699. The van der Waals surface area contributed by atoms with E-state index < -0.39 is 11.7 Å². The van der Waals surface area contributed by atoms with Crippen molar-refractivity contribution >= 4 is 11.7 Å². The average molecular weight is 261 g/mol. The normalized spacial score (nSPS) is 11.2. The zero-order chi connectivity index (χ0) is 13.8. The summed E-state index contributed by atoms with van der Waals surface area (Å²) in [6.45, 7) is 0.387. The van der Waals surface area contributed by atoms with Crippen LogP contribution in [0.1, 0.15) is 12.0 Å². The molecule has 1 rings (SSSR count). The smallest absolute Gasteiger partial charge is 0.416 e. The van der Waals surface area contributed by atoms with Crippen LogP contribution in [-0.4, -0.2) is 26.7 Å². The second-order valence-corrected chi connectivity index (χ2v) is 3.79. The quantitative estimate of drug-likeness (QED) is 0.780. The molecule has 0 heterocycles. The lowest BCUT2D eigenvalue weighted by Gasteiger charge is -2.19. The van der Waals surface area contributed by atoms with Crippen molar-refractivity contribution in [2.24, 2.45) is 0 Å². The van der Waals surface area contributed by atoms with Crippen LogP contribution in [0.3, 0.4) is 0 Å². The van der Waals surface area contributed by atoms with Crippen LogP contribution in [0, 0.1) is 0 Å². The molecule has 3 nitrogen and oxygen atoms in total. The van der Waals surface area contributed by atoms with Crippen LogP contribution in [0.5, 0.6) is 0 Å². The number of hydrogen-bond acceptors (Lipinski definition) is 3. The number of nitrogens with zero attached hydrogens (tertiary/aromatic N) is 1. The third-order valence-electron chi connectivity index (χ3n) is 2.51. The fourth-order valence-electron chi connectivity index (χ4n) is 1.40. The van der Waals surface area contributed by atoms with Gasteiger partial charge in [0.05, 0.1) is 19.1 Å². The summed E-state index contributed by atoms with van der Waals surface area (Å²) >= 11 is 0. The number of methoxy groups -OCH3 is 1. The number of rotatable bonds is 4. The lowest BCUT2D eigenvalue weighted by molar-refractivity contribution is -0.140. The van der Waals surface area contributed by atoms with Crippen LogP contribution in [-0.2, 0) is 15.7 Å². The molecule has 0 aliphatic rings. The highest BCUT2D eigenvalue weighted by atomic mass is 19.4. The Hall–Kier alpha value is -1.72. The predicted octanol–water partition coefficient (Wildman–Crippen LogP) is 2.70. The zero-order valence-electron chi connectivity index (χ0n) is 10.1. The number of hydrogen-bond donors (Lipinski definition) is 0. The summed E-state index contributed by atoms with van der Waals surface area (Å²) < 4.78 is 41.5. The highest BCUT2D eigenvalue weighted by Gasteiger charge is 2.30. The third-order valence-corrected chi connectivity index (χ3v) is 2.51. The molecule has 1 aromatic rings. The lowest BCUT2D eigenvalue weighted by Crippen LogP contribution is -2.21. The van der Waals surface area contributed by atoms with E-state index in [0.29, 0.717) is 12.2 Å². The van der Waals surface area contributed by atoms with Crippen molar-refractivity contribution in [3.8, 4) is 0 Å². The van der Waals surface area contributed by atoms with E-state index in [1.165, 1.54) is 19.2 Å². The molecule has 0 atom stereocenters. The number of esters is 1. The molecule has 0 radical (unpaired) electrons. The Bertz CT molecular complexity index is 401. The minimum Gasteiger partial charge on any atom is -0.469 e. The molecular formula is C12H14F3NO2. The second kappa shape index (κ2) is 5.75. The minimum absolute atomic E-state index is 0.189. The summed E-state index contributed by atoms with van der Waals surface area (Å²) in [4.78, 5) is 12.6. The number of carbonyl (C=O) groups is 1. The average Bonchev–Trinajstić information content (AvgIpc) is 2.34. The van der Waals surface area contributed by atoms with Crippen LogP contribution in [0.2, 0.25) is 0 Å². The van der Waals surface area contributed by atoms with Gasteiger partial charge in [-0.3, -0.25) is 4.79 Å². The molecular weight excluding hydrogens is 247 g/mol. The SMILES string of the molecule is COC(=O)CCN(C)c1ccc(C(F)(F)F)cc1. The molecule has 0 aliphatic carbocycles. The first-order valence-electron chi connectivity index (χ1n) is 5.30. The van der Waals surface area contributed by atoms with E-state index in [9.17, 15) is 18.0 Å². The minimum atomic E-state index is -4.33. The van der Waals surface area contributed by atoms with Gasteiger partial charge in [0.15, 0.2) is 0 Å². The van der Waals surface area contributed by atoms with Crippen LogP contribution >= 0.6 is 0 Å². The fourth-order valence-corrected chi connectivity index (χ4v) is 1.40. The molecule has 0 saturated heterocycles. The van der Waals surface area contributed by atoms with Gasteiger partial charge in [-0.05, 0) is 24.3 Å². The van der Waals surface area contributed by atoms with Gasteiger partial charge in [-0.15, -0.1) is 0 Å². The van der Waals surface area contributed by atoms with Gasteiger partial charge >= 0.3 is 12.1 Å². The first-order chi connectivity index (χ1) is 8.34. The van der Waals surface area contributed by atoms with E-state index in [4.69, 9.17) is 0 Å². The first kappa shape index (κ1) is 14.3. The number of carbonyl (C=O) groups excluding carboxylic acids is 1. The number of alkyl halides is 3. The van der Waals surface area contributed by atoms with Gasteiger partial charge in [0, 0.05) is 19.3 Å². The zero-order valence-corrected chi connectivity index (χ0v) is 10.1. The summed E-state index contributed by atoms with van der Waals surface area (Å²) in [5, 5.41) is 0. The highest BCUT2D eigenvalue weighted by molar-refractivity contribution is 5.70. The van der Waals surface area contributed by atoms with Crippen LogP contribution in [0.25, 0.3) is 0 Å². The molecule has 18 heavy (non-hydrogen) atoms. The Labute approximate surface area is 103 Å². The van der Waals surface area contributed by atoms with E-state index in [1.54, 1.807) is 11.9 Å². The summed E-state index contributed by atoms with van der Waals surface area (Å²) in [6.07, 6.45) is -4.14. The predicted molar refractivity (Wildman–Crippen MR) is 61.3 cm³/mol. The Kier molecular flexibility index (Phi) is 4.58. The van der Waals surface area contributed by atoms with Crippen LogP contribution in [0.15, 0.2) is 24.3 Å². The van der Waals surface area contributed by atoms with E-state index >= 15 is 0 Å². The molecule has 6 heteroatoms. The number of benzene rings is 1.